The van der Waals surface area contributed by atoms with Gasteiger partial charge in [0, 0.05) is 0 Å². The maximum absolute atomic E-state index is 4.28. The average Bonchev–Trinajstić information content (AvgIpc) is 2.32. The molecule has 0 N–H and O–H groups in total. The Hall–Kier alpha value is -0.260. The molecular formula is C17H32. The molecule has 0 heteroatoms. The zero-order valence-corrected chi connectivity index (χ0v) is 12.3. The molecule has 0 radical (unpaired) electrons. The summed E-state index contributed by atoms with van der Waals surface area (Å²) in [6, 6.07) is 0. The van der Waals surface area contributed by atoms with E-state index in [0.29, 0.717) is 0 Å². The molecule has 0 heterocycles. The van der Waals surface area contributed by atoms with Gasteiger partial charge in [-0.1, -0.05) is 77.9 Å². The molecule has 0 aromatic rings. The molecule has 100 valence electrons. The molecule has 1 rings (SSSR count). The maximum Gasteiger partial charge on any atom is -0.0232 e. The lowest BCUT2D eigenvalue weighted by Gasteiger charge is -2.33. The Labute approximate surface area is 109 Å². The molecule has 1 aliphatic rings. The highest BCUT2D eigenvalue weighted by molar-refractivity contribution is 4.99. The smallest absolute Gasteiger partial charge is 0.0232 e. The monoisotopic (exact) mass is 236 g/mol. The van der Waals surface area contributed by atoms with Crippen LogP contribution in [0.4, 0.5) is 0 Å². The van der Waals surface area contributed by atoms with Gasteiger partial charge in [0.1, 0.15) is 0 Å². The van der Waals surface area contributed by atoms with E-state index in [-0.39, 0.29) is 0 Å². The Morgan fingerprint density at radius 2 is 1.76 bits per heavy atom. The summed E-state index contributed by atoms with van der Waals surface area (Å²) in [5.41, 5.74) is 1.49. The Morgan fingerprint density at radius 1 is 1.12 bits per heavy atom. The summed E-state index contributed by atoms with van der Waals surface area (Å²) in [4.78, 5) is 0. The second-order valence-corrected chi connectivity index (χ2v) is 6.14. The molecule has 0 nitrogen and oxygen atoms in total. The molecule has 0 aromatic carbocycles. The second-order valence-electron chi connectivity index (χ2n) is 6.14. The van der Waals surface area contributed by atoms with Gasteiger partial charge in [-0.3, -0.25) is 0 Å². The van der Waals surface area contributed by atoms with Gasteiger partial charge < -0.3 is 0 Å². The highest BCUT2D eigenvalue weighted by Gasteiger charge is 2.26. The topological polar surface area (TPSA) is 0 Å². The lowest BCUT2D eigenvalue weighted by atomic mass is 9.72. The van der Waals surface area contributed by atoms with E-state index in [1.807, 2.05) is 0 Å². The molecule has 1 fully saturated rings. The average molecular weight is 236 g/mol. The van der Waals surface area contributed by atoms with Gasteiger partial charge in [0.2, 0.25) is 0 Å². The van der Waals surface area contributed by atoms with Crippen molar-refractivity contribution in [2.75, 3.05) is 0 Å². The van der Waals surface area contributed by atoms with Crippen molar-refractivity contribution in [2.24, 2.45) is 17.8 Å². The van der Waals surface area contributed by atoms with Crippen LogP contribution >= 0.6 is 0 Å². The Bertz CT molecular complexity index is 214. The normalized spacial score (nSPS) is 26.8. The second kappa shape index (κ2) is 7.95. The molecule has 0 aliphatic heterocycles. The van der Waals surface area contributed by atoms with Crippen molar-refractivity contribution < 1.29 is 0 Å². The van der Waals surface area contributed by atoms with Crippen LogP contribution in [0.5, 0.6) is 0 Å². The summed E-state index contributed by atoms with van der Waals surface area (Å²) in [7, 11) is 0. The molecular weight excluding hydrogens is 204 g/mol. The van der Waals surface area contributed by atoms with Crippen LogP contribution in [0.1, 0.15) is 78.6 Å². The van der Waals surface area contributed by atoms with Crippen LogP contribution in [0, 0.1) is 17.8 Å². The largest absolute Gasteiger partial charge is 0.0996 e. The maximum atomic E-state index is 4.28. The third kappa shape index (κ3) is 4.85. The van der Waals surface area contributed by atoms with Crippen LogP contribution < -0.4 is 0 Å². The van der Waals surface area contributed by atoms with E-state index >= 15 is 0 Å². The van der Waals surface area contributed by atoms with Crippen molar-refractivity contribution in [3.63, 3.8) is 0 Å². The van der Waals surface area contributed by atoms with Crippen molar-refractivity contribution in [1.82, 2.24) is 0 Å². The fourth-order valence-electron chi connectivity index (χ4n) is 3.53. The lowest BCUT2D eigenvalue weighted by molar-refractivity contribution is 0.195. The van der Waals surface area contributed by atoms with Crippen LogP contribution in [0.15, 0.2) is 12.2 Å². The third-order valence-electron chi connectivity index (χ3n) is 4.65. The Kier molecular flexibility index (Phi) is 6.92. The standard InChI is InChI=1S/C17H32/c1-5-9-14(3)15(4)13-17-12-8-7-11-16(17)10-6-2/h15-17H,3,5-13H2,1-2,4H3. The summed E-state index contributed by atoms with van der Waals surface area (Å²) in [5.74, 6) is 2.76. The fourth-order valence-corrected chi connectivity index (χ4v) is 3.53. The van der Waals surface area contributed by atoms with E-state index < -0.39 is 0 Å². The van der Waals surface area contributed by atoms with E-state index in [1.165, 1.54) is 63.4 Å². The first-order valence-corrected chi connectivity index (χ1v) is 7.86. The predicted molar refractivity (Wildman–Crippen MR) is 78.2 cm³/mol. The molecule has 0 spiro atoms. The van der Waals surface area contributed by atoms with E-state index in [2.05, 4.69) is 27.4 Å². The number of hydrogen-bond donors (Lipinski definition) is 0. The lowest BCUT2D eigenvalue weighted by Crippen LogP contribution is -2.22. The van der Waals surface area contributed by atoms with Gasteiger partial charge in [-0.15, -0.1) is 0 Å². The van der Waals surface area contributed by atoms with Crippen molar-refractivity contribution in [2.45, 2.75) is 78.6 Å². The molecule has 0 amide bonds. The minimum Gasteiger partial charge on any atom is -0.0996 e. The SMILES string of the molecule is C=C(CCC)C(C)CC1CCCCC1CCC. The van der Waals surface area contributed by atoms with Gasteiger partial charge in [-0.25, -0.2) is 0 Å². The summed E-state index contributed by atoms with van der Waals surface area (Å²) >= 11 is 0. The minimum atomic E-state index is 0.748. The summed E-state index contributed by atoms with van der Waals surface area (Å²) in [5, 5.41) is 0. The highest BCUT2D eigenvalue weighted by Crippen LogP contribution is 2.38. The van der Waals surface area contributed by atoms with E-state index in [1.54, 1.807) is 0 Å². The van der Waals surface area contributed by atoms with Crippen LogP contribution in [-0.4, -0.2) is 0 Å². The number of allylic oxidation sites excluding steroid dienone is 1. The van der Waals surface area contributed by atoms with Gasteiger partial charge in [-0.2, -0.15) is 0 Å². The Morgan fingerprint density at radius 3 is 2.35 bits per heavy atom. The molecule has 1 saturated carbocycles. The first-order chi connectivity index (χ1) is 8.19. The first-order valence-electron chi connectivity index (χ1n) is 7.86. The zero-order chi connectivity index (χ0) is 12.7. The van der Waals surface area contributed by atoms with Gasteiger partial charge >= 0.3 is 0 Å². The van der Waals surface area contributed by atoms with E-state index in [4.69, 9.17) is 0 Å². The quantitative estimate of drug-likeness (QED) is 0.477. The van der Waals surface area contributed by atoms with Crippen LogP contribution in [0.3, 0.4) is 0 Å². The summed E-state index contributed by atoms with van der Waals surface area (Å²) in [6.07, 6.45) is 12.6. The summed E-state index contributed by atoms with van der Waals surface area (Å²) in [6.45, 7) is 11.3. The van der Waals surface area contributed by atoms with Crippen LogP contribution in [0.25, 0.3) is 0 Å². The van der Waals surface area contributed by atoms with E-state index in [9.17, 15) is 0 Å². The van der Waals surface area contributed by atoms with Gasteiger partial charge in [0.25, 0.3) is 0 Å². The first kappa shape index (κ1) is 14.8. The van der Waals surface area contributed by atoms with E-state index in [0.717, 1.165) is 17.8 Å². The van der Waals surface area contributed by atoms with Crippen molar-refractivity contribution in [3.8, 4) is 0 Å². The summed E-state index contributed by atoms with van der Waals surface area (Å²) < 4.78 is 0. The minimum absolute atomic E-state index is 0.748. The number of rotatable bonds is 7. The molecule has 3 atom stereocenters. The zero-order valence-electron chi connectivity index (χ0n) is 12.3. The van der Waals surface area contributed by atoms with Gasteiger partial charge in [-0.05, 0) is 30.6 Å². The third-order valence-corrected chi connectivity index (χ3v) is 4.65. The molecule has 3 unspecified atom stereocenters. The highest BCUT2D eigenvalue weighted by atomic mass is 14.3. The number of hydrogen-bond acceptors (Lipinski definition) is 0. The van der Waals surface area contributed by atoms with Crippen molar-refractivity contribution >= 4 is 0 Å². The van der Waals surface area contributed by atoms with Crippen LogP contribution in [-0.2, 0) is 0 Å². The molecule has 0 bridgehead atoms. The fraction of sp³-hybridized carbons (Fsp3) is 0.882. The van der Waals surface area contributed by atoms with Gasteiger partial charge in [0.15, 0.2) is 0 Å². The Balaban J connectivity index is 2.43. The van der Waals surface area contributed by atoms with Crippen molar-refractivity contribution in [1.29, 1.82) is 0 Å². The molecule has 1 aliphatic carbocycles. The van der Waals surface area contributed by atoms with Gasteiger partial charge in [0.05, 0.1) is 0 Å². The molecule has 17 heavy (non-hydrogen) atoms. The van der Waals surface area contributed by atoms with Crippen LogP contribution in [0.2, 0.25) is 0 Å². The van der Waals surface area contributed by atoms with Crippen molar-refractivity contribution in [3.05, 3.63) is 12.2 Å². The molecule has 0 saturated heterocycles. The molecule has 0 aromatic heterocycles. The predicted octanol–water partition coefficient (Wildman–Crippen LogP) is 5.98.